The van der Waals surface area contributed by atoms with Crippen molar-refractivity contribution >= 4 is 11.9 Å². The van der Waals surface area contributed by atoms with E-state index in [4.69, 9.17) is 19.1 Å². The average Bonchev–Trinajstić information content (AvgIpc) is 3.35. The molecule has 1 aromatic rings. The van der Waals surface area contributed by atoms with Gasteiger partial charge in [-0.05, 0) is 38.3 Å². The molecule has 29 heavy (non-hydrogen) atoms. The minimum absolute atomic E-state index is 0.0582. The van der Waals surface area contributed by atoms with Crippen molar-refractivity contribution in [3.05, 3.63) is 23.7 Å². The minimum atomic E-state index is -5.08. The Morgan fingerprint density at radius 1 is 1.21 bits per heavy atom. The Labute approximate surface area is 166 Å². The Balaban J connectivity index is 0.000000298. The molecule has 3 fully saturated rings. The van der Waals surface area contributed by atoms with Gasteiger partial charge in [-0.2, -0.15) is 13.2 Å². The first-order chi connectivity index (χ1) is 13.6. The molecule has 1 aromatic heterocycles. The Kier molecular flexibility index (Phi) is 6.52. The maximum atomic E-state index is 12.7. The fourth-order valence-corrected chi connectivity index (χ4v) is 4.09. The number of likely N-dealkylation sites (tertiary alicyclic amines) is 2. The van der Waals surface area contributed by atoms with E-state index in [1.807, 2.05) is 24.0 Å². The van der Waals surface area contributed by atoms with Gasteiger partial charge < -0.3 is 19.2 Å². The summed E-state index contributed by atoms with van der Waals surface area (Å²) in [5.41, 5.74) is 0. The molecule has 3 atom stereocenters. The second-order valence-corrected chi connectivity index (χ2v) is 7.68. The molecule has 10 heteroatoms. The van der Waals surface area contributed by atoms with Gasteiger partial charge in [0.15, 0.2) is 0 Å². The van der Waals surface area contributed by atoms with Crippen LogP contribution in [-0.4, -0.2) is 71.3 Å². The number of ether oxygens (including phenoxy) is 1. The number of rotatable bonds is 3. The first-order valence-electron chi connectivity index (χ1n) is 9.65. The first-order valence-corrected chi connectivity index (χ1v) is 9.65. The number of aryl methyl sites for hydroxylation is 1. The summed E-state index contributed by atoms with van der Waals surface area (Å²) in [5, 5.41) is 7.12. The fraction of sp³-hybridized carbons (Fsp3) is 0.684. The third-order valence-corrected chi connectivity index (χ3v) is 5.39. The maximum Gasteiger partial charge on any atom is 0.490 e. The first kappa shape index (κ1) is 21.6. The van der Waals surface area contributed by atoms with Crippen molar-refractivity contribution in [2.75, 3.05) is 26.2 Å². The van der Waals surface area contributed by atoms with Crippen molar-refractivity contribution < 1.29 is 37.0 Å². The van der Waals surface area contributed by atoms with Crippen LogP contribution in [0.4, 0.5) is 13.2 Å². The molecule has 7 nitrogen and oxygen atoms in total. The number of carboxylic acid groups (broad SMARTS) is 1. The molecule has 4 heterocycles. The maximum absolute atomic E-state index is 12.7. The van der Waals surface area contributed by atoms with Gasteiger partial charge in [0.25, 0.3) is 0 Å². The number of alkyl halides is 3. The number of amides is 1. The number of hydrogen-bond donors (Lipinski definition) is 1. The monoisotopic (exact) mass is 418 g/mol. The van der Waals surface area contributed by atoms with E-state index in [-0.39, 0.29) is 18.1 Å². The number of carbonyl (C=O) groups is 2. The van der Waals surface area contributed by atoms with Crippen LogP contribution in [-0.2, 0) is 20.9 Å². The highest BCUT2D eigenvalue weighted by Crippen LogP contribution is 2.34. The van der Waals surface area contributed by atoms with E-state index in [0.717, 1.165) is 63.5 Å². The molecular weight excluding hydrogens is 393 g/mol. The third-order valence-electron chi connectivity index (χ3n) is 5.39. The van der Waals surface area contributed by atoms with E-state index in [0.29, 0.717) is 5.91 Å². The number of morpholine rings is 1. The summed E-state index contributed by atoms with van der Waals surface area (Å²) in [6.07, 6.45) is -1.64. The molecule has 1 amide bonds. The van der Waals surface area contributed by atoms with Crippen LogP contribution in [0.1, 0.15) is 30.8 Å². The second kappa shape index (κ2) is 8.74. The van der Waals surface area contributed by atoms with Crippen molar-refractivity contribution in [3.8, 4) is 0 Å². The summed E-state index contributed by atoms with van der Waals surface area (Å²) in [6, 6.07) is 4.05. The summed E-state index contributed by atoms with van der Waals surface area (Å²) in [4.78, 5) is 26.0. The van der Waals surface area contributed by atoms with Crippen molar-refractivity contribution in [3.63, 3.8) is 0 Å². The van der Waals surface area contributed by atoms with Crippen LogP contribution >= 0.6 is 0 Å². The normalized spacial score (nSPS) is 26.9. The van der Waals surface area contributed by atoms with Crippen LogP contribution in [0.3, 0.4) is 0 Å². The lowest BCUT2D eigenvalue weighted by molar-refractivity contribution is -0.192. The summed E-state index contributed by atoms with van der Waals surface area (Å²) in [5.74, 6) is -0.422. The summed E-state index contributed by atoms with van der Waals surface area (Å²) >= 11 is 0. The van der Waals surface area contributed by atoms with Gasteiger partial charge in [0.05, 0.1) is 24.7 Å². The second-order valence-electron chi connectivity index (χ2n) is 7.68. The highest BCUT2D eigenvalue weighted by atomic mass is 19.4. The molecule has 0 aromatic carbocycles. The number of carbonyl (C=O) groups excluding carboxylic acids is 1. The predicted octanol–water partition coefficient (Wildman–Crippen LogP) is 2.43. The van der Waals surface area contributed by atoms with Crippen molar-refractivity contribution in [2.45, 2.75) is 51.1 Å². The van der Waals surface area contributed by atoms with Crippen LogP contribution in [0.2, 0.25) is 0 Å². The molecule has 3 aliphatic heterocycles. The number of hydrogen-bond acceptors (Lipinski definition) is 5. The zero-order valence-corrected chi connectivity index (χ0v) is 16.2. The van der Waals surface area contributed by atoms with Crippen molar-refractivity contribution in [2.24, 2.45) is 5.92 Å². The van der Waals surface area contributed by atoms with Gasteiger partial charge in [-0.15, -0.1) is 0 Å². The molecule has 3 saturated heterocycles. The van der Waals surface area contributed by atoms with Crippen LogP contribution in [0, 0.1) is 12.8 Å². The Bertz CT molecular complexity index is 730. The standard InChI is InChI=1S/C17H24N2O3.C2HF3O2/c1-12-4-5-13(21-12)9-18-10-14-8-15(16(11-18)22-14)17(20)19-6-2-3-7-19;3-2(4,5)1(6)7/h4-5,14-16H,2-3,6-11H2,1H3;(H,6,7). The molecule has 0 saturated carbocycles. The van der Waals surface area contributed by atoms with Gasteiger partial charge in [-0.25, -0.2) is 4.79 Å². The van der Waals surface area contributed by atoms with E-state index in [9.17, 15) is 18.0 Å². The van der Waals surface area contributed by atoms with Crippen molar-refractivity contribution in [1.29, 1.82) is 0 Å². The largest absolute Gasteiger partial charge is 0.490 e. The third kappa shape index (κ3) is 5.51. The van der Waals surface area contributed by atoms with Gasteiger partial charge in [-0.3, -0.25) is 9.69 Å². The molecule has 3 aliphatic rings. The van der Waals surface area contributed by atoms with Crippen LogP contribution < -0.4 is 0 Å². The molecular formula is C19H25F3N2O5. The number of carboxylic acids is 1. The SMILES string of the molecule is Cc1ccc(CN2CC3CC(C(=O)N4CCCC4)C(C2)O3)o1.O=C(O)C(F)(F)F. The van der Waals surface area contributed by atoms with Gasteiger partial charge in [0, 0.05) is 26.2 Å². The van der Waals surface area contributed by atoms with E-state index < -0.39 is 12.1 Å². The van der Waals surface area contributed by atoms with Gasteiger partial charge in [-0.1, -0.05) is 0 Å². The van der Waals surface area contributed by atoms with Gasteiger partial charge in [0.1, 0.15) is 11.5 Å². The van der Waals surface area contributed by atoms with E-state index in [1.165, 1.54) is 0 Å². The van der Waals surface area contributed by atoms with Gasteiger partial charge in [0.2, 0.25) is 5.91 Å². The number of halogens is 3. The molecule has 162 valence electrons. The number of fused-ring (bicyclic) bond motifs is 2. The molecule has 1 N–H and O–H groups in total. The summed E-state index contributed by atoms with van der Waals surface area (Å²) in [7, 11) is 0. The molecule has 0 radical (unpaired) electrons. The smallest absolute Gasteiger partial charge is 0.475 e. The van der Waals surface area contributed by atoms with Crippen molar-refractivity contribution in [1.82, 2.24) is 9.80 Å². The van der Waals surface area contributed by atoms with Crippen LogP contribution in [0.5, 0.6) is 0 Å². The minimum Gasteiger partial charge on any atom is -0.475 e. The molecule has 3 unspecified atom stereocenters. The zero-order chi connectivity index (χ0) is 21.2. The molecule has 4 rings (SSSR count). The lowest BCUT2D eigenvalue weighted by Gasteiger charge is -2.32. The predicted molar refractivity (Wildman–Crippen MR) is 95.0 cm³/mol. The van der Waals surface area contributed by atoms with Crippen LogP contribution in [0.25, 0.3) is 0 Å². The molecule has 2 bridgehead atoms. The highest BCUT2D eigenvalue weighted by molar-refractivity contribution is 5.80. The number of nitrogens with zero attached hydrogens (tertiary/aromatic N) is 2. The summed E-state index contributed by atoms with van der Waals surface area (Å²) < 4.78 is 43.5. The Morgan fingerprint density at radius 3 is 2.41 bits per heavy atom. The van der Waals surface area contributed by atoms with Gasteiger partial charge >= 0.3 is 12.1 Å². The van der Waals surface area contributed by atoms with Crippen LogP contribution in [0.15, 0.2) is 16.5 Å². The van der Waals surface area contributed by atoms with E-state index in [2.05, 4.69) is 4.90 Å². The topological polar surface area (TPSA) is 83.2 Å². The quantitative estimate of drug-likeness (QED) is 0.812. The average molecular weight is 418 g/mol. The molecule has 0 aliphatic carbocycles. The lowest BCUT2D eigenvalue weighted by atomic mass is 9.99. The number of furan rings is 1. The van der Waals surface area contributed by atoms with E-state index in [1.54, 1.807) is 0 Å². The Morgan fingerprint density at radius 2 is 1.86 bits per heavy atom. The summed E-state index contributed by atoms with van der Waals surface area (Å²) in [6.45, 7) is 6.39. The fourth-order valence-electron chi connectivity index (χ4n) is 4.09. The zero-order valence-electron chi connectivity index (χ0n) is 16.2. The lowest BCUT2D eigenvalue weighted by Crippen LogP contribution is -2.45. The number of aliphatic carboxylic acids is 1. The molecule has 0 spiro atoms. The highest BCUT2D eigenvalue weighted by Gasteiger charge is 2.46. The van der Waals surface area contributed by atoms with E-state index >= 15 is 0 Å². The Hall–Kier alpha value is -2.07.